The van der Waals surface area contributed by atoms with Gasteiger partial charge in [0.25, 0.3) is 0 Å². The number of thiophene rings is 3. The second kappa shape index (κ2) is 25.6. The van der Waals surface area contributed by atoms with Gasteiger partial charge in [-0.05, 0) is 107 Å². The van der Waals surface area contributed by atoms with E-state index in [-0.39, 0.29) is 0 Å². The van der Waals surface area contributed by atoms with E-state index >= 15 is 0 Å². The first-order valence-electron chi connectivity index (χ1n) is 24.0. The Morgan fingerprint density at radius 3 is 1.15 bits per heavy atom. The lowest BCUT2D eigenvalue weighted by Gasteiger charge is -2.07. The number of rotatable bonds is 28. The van der Waals surface area contributed by atoms with Crippen molar-refractivity contribution >= 4 is 113 Å². The molecule has 338 valence electrons. The second-order valence-corrected chi connectivity index (χ2v) is 20.4. The van der Waals surface area contributed by atoms with Crippen LogP contribution in [0.2, 0.25) is 0 Å². The fourth-order valence-electron chi connectivity index (χ4n) is 8.36. The quantitative estimate of drug-likeness (QED) is 0.0279. The Bertz CT molecular complexity index is 2530. The molecule has 7 rings (SSSR count). The summed E-state index contributed by atoms with van der Waals surface area (Å²) in [5.74, 6) is 1.82. The standard InChI is InChI=1S/C58H64O4S3/c1-3-5-7-9-11-13-15-17-31-61-48-23-19-21-43(36-48)25-27-45-33-46(28-26-44-22-20-24-49(37-44)62-32-18-16-14-12-10-8-6-4-2)35-47(34-45)29-30-50-38-53-56(63-50)54-39-51(41-59)65-58(54)55-40-52(42-60)64-57(53)55/h19-30,33-42H,3-18,31-32H2,1-2H3/b27-25+,28-26+,30-29+. The lowest BCUT2D eigenvalue weighted by atomic mass is 10.0. The van der Waals surface area contributed by atoms with Crippen LogP contribution in [0.1, 0.15) is 169 Å². The van der Waals surface area contributed by atoms with Crippen molar-refractivity contribution in [3.8, 4) is 11.5 Å². The number of benzene rings is 4. The topological polar surface area (TPSA) is 52.6 Å². The number of carbonyl (C=O) groups excluding carboxylic acids is 2. The van der Waals surface area contributed by atoms with Crippen molar-refractivity contribution in [2.24, 2.45) is 0 Å². The Labute approximate surface area is 398 Å². The van der Waals surface area contributed by atoms with E-state index in [9.17, 15) is 9.59 Å². The maximum absolute atomic E-state index is 11.8. The largest absolute Gasteiger partial charge is 0.494 e. The molecule has 0 aliphatic carbocycles. The molecule has 0 fully saturated rings. The number of hydrogen-bond acceptors (Lipinski definition) is 7. The molecule has 0 saturated carbocycles. The van der Waals surface area contributed by atoms with E-state index in [0.29, 0.717) is 9.75 Å². The Morgan fingerprint density at radius 1 is 0.385 bits per heavy atom. The number of carbonyl (C=O) groups is 2. The molecule has 3 aromatic heterocycles. The van der Waals surface area contributed by atoms with Crippen LogP contribution in [0.5, 0.6) is 11.5 Å². The summed E-state index contributed by atoms with van der Waals surface area (Å²) in [5, 5.41) is 3.24. The van der Waals surface area contributed by atoms with E-state index in [2.05, 4.69) is 123 Å². The molecule has 4 nitrogen and oxygen atoms in total. The van der Waals surface area contributed by atoms with Gasteiger partial charge in [-0.1, -0.05) is 158 Å². The molecule has 0 amide bonds. The molecule has 3 heterocycles. The van der Waals surface area contributed by atoms with Gasteiger partial charge in [-0.3, -0.25) is 9.59 Å². The third-order valence-corrected chi connectivity index (χ3v) is 15.2. The smallest absolute Gasteiger partial charge is 0.160 e. The van der Waals surface area contributed by atoms with Gasteiger partial charge in [0, 0.05) is 35.1 Å². The number of aldehydes is 2. The first-order valence-corrected chi connectivity index (χ1v) is 26.5. The summed E-state index contributed by atoms with van der Waals surface area (Å²) in [6.07, 6.45) is 35.4. The fourth-order valence-corrected chi connectivity index (χ4v) is 11.6. The number of fused-ring (bicyclic) bond motifs is 6. The van der Waals surface area contributed by atoms with E-state index in [0.717, 1.165) is 113 Å². The van der Waals surface area contributed by atoms with Gasteiger partial charge in [0.05, 0.1) is 23.0 Å². The number of ether oxygens (including phenoxy) is 2. The minimum atomic E-state index is 0.694. The molecule has 7 heteroatoms. The Hall–Kier alpha value is -5.08. The van der Waals surface area contributed by atoms with Crippen molar-refractivity contribution < 1.29 is 19.1 Å². The van der Waals surface area contributed by atoms with Gasteiger partial charge in [-0.15, -0.1) is 34.0 Å². The van der Waals surface area contributed by atoms with Gasteiger partial charge in [0.15, 0.2) is 12.6 Å². The maximum Gasteiger partial charge on any atom is 0.160 e. The molecule has 65 heavy (non-hydrogen) atoms. The molecular formula is C58H64O4S3. The molecule has 0 unspecified atom stereocenters. The monoisotopic (exact) mass is 920 g/mol. The van der Waals surface area contributed by atoms with Gasteiger partial charge in [0.1, 0.15) is 11.5 Å². The molecule has 0 N–H and O–H groups in total. The van der Waals surface area contributed by atoms with E-state index in [4.69, 9.17) is 9.47 Å². The van der Waals surface area contributed by atoms with Crippen LogP contribution in [0, 0.1) is 0 Å². The number of hydrogen-bond donors (Lipinski definition) is 0. The van der Waals surface area contributed by atoms with E-state index in [1.807, 2.05) is 12.1 Å². The van der Waals surface area contributed by atoms with Crippen molar-refractivity contribution in [2.45, 2.75) is 117 Å². The highest BCUT2D eigenvalue weighted by Gasteiger charge is 2.17. The molecule has 0 aliphatic heterocycles. The van der Waals surface area contributed by atoms with Crippen molar-refractivity contribution in [3.63, 3.8) is 0 Å². The summed E-state index contributed by atoms with van der Waals surface area (Å²) in [4.78, 5) is 26.2. The van der Waals surface area contributed by atoms with Crippen LogP contribution < -0.4 is 9.47 Å². The Kier molecular flexibility index (Phi) is 18.8. The van der Waals surface area contributed by atoms with E-state index in [1.165, 1.54) is 113 Å². The second-order valence-electron chi connectivity index (χ2n) is 17.1. The molecule has 0 saturated heterocycles. The van der Waals surface area contributed by atoms with Gasteiger partial charge in [-0.25, -0.2) is 0 Å². The zero-order valence-corrected chi connectivity index (χ0v) is 40.7. The van der Waals surface area contributed by atoms with Gasteiger partial charge < -0.3 is 9.47 Å². The third kappa shape index (κ3) is 14.2. The summed E-state index contributed by atoms with van der Waals surface area (Å²) in [7, 11) is 0. The average molecular weight is 921 g/mol. The van der Waals surface area contributed by atoms with Crippen LogP contribution in [0.3, 0.4) is 0 Å². The minimum absolute atomic E-state index is 0.694. The lowest BCUT2D eigenvalue weighted by molar-refractivity contribution is 0.111. The number of unbranched alkanes of at least 4 members (excludes halogenated alkanes) is 14. The SMILES string of the molecule is CCCCCCCCCCOc1cccc(/C=C/c2cc(/C=C/c3cccc(OCCCCCCCCCC)c3)cc(/C=C/c3cc4c5sc(C=O)cc5c5sc(C=O)cc5c4s3)c2)c1. The average Bonchev–Trinajstić information content (AvgIpc) is 4.09. The zero-order chi connectivity index (χ0) is 45.1. The summed E-state index contributed by atoms with van der Waals surface area (Å²) >= 11 is 4.74. The van der Waals surface area contributed by atoms with Crippen LogP contribution >= 0.6 is 34.0 Å². The molecule has 0 atom stereocenters. The molecule has 0 aliphatic rings. The van der Waals surface area contributed by atoms with Gasteiger partial charge in [-0.2, -0.15) is 0 Å². The minimum Gasteiger partial charge on any atom is -0.494 e. The third-order valence-electron chi connectivity index (χ3n) is 11.8. The van der Waals surface area contributed by atoms with Crippen LogP contribution in [-0.2, 0) is 0 Å². The van der Waals surface area contributed by atoms with Crippen molar-refractivity contribution in [1.82, 2.24) is 0 Å². The van der Waals surface area contributed by atoms with Crippen molar-refractivity contribution in [2.75, 3.05) is 13.2 Å². The highest BCUT2D eigenvalue weighted by molar-refractivity contribution is 7.28. The normalized spacial score (nSPS) is 12.0. The fraction of sp³-hybridized carbons (Fsp3) is 0.345. The van der Waals surface area contributed by atoms with Gasteiger partial charge >= 0.3 is 0 Å². The summed E-state index contributed by atoms with van der Waals surface area (Å²) in [6.45, 7) is 6.03. The van der Waals surface area contributed by atoms with Crippen molar-refractivity contribution in [3.05, 3.63) is 127 Å². The first kappa shape index (κ1) is 47.9. The van der Waals surface area contributed by atoms with Crippen LogP contribution in [0.25, 0.3) is 66.7 Å². The Morgan fingerprint density at radius 2 is 0.738 bits per heavy atom. The molecule has 7 aromatic rings. The van der Waals surface area contributed by atoms with Gasteiger partial charge in [0.2, 0.25) is 0 Å². The highest BCUT2D eigenvalue weighted by Crippen LogP contribution is 2.46. The predicted molar refractivity (Wildman–Crippen MR) is 286 cm³/mol. The Balaban J connectivity index is 1.08. The molecule has 0 spiro atoms. The zero-order valence-electron chi connectivity index (χ0n) is 38.3. The lowest BCUT2D eigenvalue weighted by Crippen LogP contribution is -1.97. The highest BCUT2D eigenvalue weighted by atomic mass is 32.1. The van der Waals surface area contributed by atoms with E-state index < -0.39 is 0 Å². The predicted octanol–water partition coefficient (Wildman–Crippen LogP) is 18.5. The van der Waals surface area contributed by atoms with Crippen LogP contribution in [-0.4, -0.2) is 25.8 Å². The molecule has 0 bridgehead atoms. The molecule has 0 radical (unpaired) electrons. The summed E-state index contributed by atoms with van der Waals surface area (Å²) in [5.41, 5.74) is 5.47. The van der Waals surface area contributed by atoms with Crippen molar-refractivity contribution in [1.29, 1.82) is 0 Å². The molecule has 4 aromatic carbocycles. The summed E-state index contributed by atoms with van der Waals surface area (Å²) in [6, 6.07) is 29.6. The summed E-state index contributed by atoms with van der Waals surface area (Å²) < 4.78 is 15.7. The van der Waals surface area contributed by atoms with Crippen LogP contribution in [0.4, 0.5) is 0 Å². The first-order chi connectivity index (χ1) is 32.0. The van der Waals surface area contributed by atoms with Crippen LogP contribution in [0.15, 0.2) is 84.9 Å². The maximum atomic E-state index is 11.8. The molecular weight excluding hydrogens is 857 g/mol. The van der Waals surface area contributed by atoms with E-state index in [1.54, 1.807) is 11.3 Å².